The fraction of sp³-hybridized carbons (Fsp3) is 0.415. The highest BCUT2D eigenvalue weighted by atomic mass is 32.3. The highest BCUT2D eigenvalue weighted by molar-refractivity contribution is 8.33. The van der Waals surface area contributed by atoms with E-state index >= 15 is 26.3 Å². The van der Waals surface area contributed by atoms with Crippen molar-refractivity contribution < 1.29 is 92.1 Å². The molecule has 6 nitrogen and oxygen atoms in total. The first kappa shape index (κ1) is 52.1. The van der Waals surface area contributed by atoms with Gasteiger partial charge in [-0.05, 0) is 96.9 Å². The van der Waals surface area contributed by atoms with Gasteiger partial charge in [0.25, 0.3) is 0 Å². The summed E-state index contributed by atoms with van der Waals surface area (Å²) in [7, 11) is -12.5. The number of hydrogen-bond acceptors (Lipinski definition) is 6. The second-order valence-corrected chi connectivity index (χ2v) is 21.1. The molecule has 0 unspecified atom stereocenters. The van der Waals surface area contributed by atoms with E-state index in [4.69, 9.17) is 17.8 Å². The number of benzene rings is 4. The SMILES string of the molecule is CC(C)(C)Oc1cc(OC(C)(C)C)c(S(OS(=O)(=O)c2c(C(F)(F)F)c(C(F)(F)F)c(C(F)(F)F)c(C(F)(F)F)c2C(F)(F)F)(c2ccccc2)c2ccccc2)c(OC(C)(C)C)c1. The predicted molar refractivity (Wildman–Crippen MR) is 203 cm³/mol. The van der Waals surface area contributed by atoms with Crippen LogP contribution in [0.2, 0.25) is 0 Å². The molecule has 0 aliphatic carbocycles. The number of ether oxygens (including phenoxy) is 3. The maximum atomic E-state index is 15.1. The van der Waals surface area contributed by atoms with Crippen molar-refractivity contribution in [3.05, 3.63) is 101 Å². The van der Waals surface area contributed by atoms with E-state index in [1.807, 2.05) is 0 Å². The summed E-state index contributed by atoms with van der Waals surface area (Å²) in [4.78, 5) is -5.69. The molecule has 0 N–H and O–H groups in total. The summed E-state index contributed by atoms with van der Waals surface area (Å²) in [5.41, 5.74) is -25.7. The van der Waals surface area contributed by atoms with Crippen LogP contribution in [0.5, 0.6) is 17.2 Å². The summed E-state index contributed by atoms with van der Waals surface area (Å²) in [5.74, 6) is -1.21. The minimum Gasteiger partial charge on any atom is -0.488 e. The maximum absolute atomic E-state index is 15.1. The Bertz CT molecular complexity index is 2310. The summed E-state index contributed by atoms with van der Waals surface area (Å²) < 4.78 is 276. The van der Waals surface area contributed by atoms with Gasteiger partial charge in [-0.1, -0.05) is 36.4 Å². The van der Waals surface area contributed by atoms with Gasteiger partial charge in [0.05, 0.1) is 27.8 Å². The molecule has 0 saturated carbocycles. The monoisotopic (exact) mass is 976 g/mol. The molecule has 0 spiro atoms. The van der Waals surface area contributed by atoms with Crippen molar-refractivity contribution in [1.82, 2.24) is 0 Å². The third kappa shape index (κ3) is 11.5. The molecule has 4 aromatic rings. The lowest BCUT2D eigenvalue weighted by atomic mass is 9.89. The van der Waals surface area contributed by atoms with Gasteiger partial charge in [0.15, 0.2) is 0 Å². The van der Waals surface area contributed by atoms with Crippen LogP contribution < -0.4 is 14.2 Å². The summed E-state index contributed by atoms with van der Waals surface area (Å²) in [6.45, 7) is 13.3. The molecule has 4 rings (SSSR count). The lowest BCUT2D eigenvalue weighted by Gasteiger charge is -2.43. The van der Waals surface area contributed by atoms with Crippen molar-refractivity contribution in [3.8, 4) is 17.2 Å². The van der Waals surface area contributed by atoms with Crippen LogP contribution in [0.1, 0.15) is 90.1 Å². The quantitative estimate of drug-likeness (QED) is 0.156. The Balaban J connectivity index is 2.53. The summed E-state index contributed by atoms with van der Waals surface area (Å²) in [6.07, 6.45) is -36.3. The lowest BCUT2D eigenvalue weighted by Crippen LogP contribution is -2.34. The fourth-order valence-corrected chi connectivity index (χ4v) is 12.1. The van der Waals surface area contributed by atoms with Gasteiger partial charge in [-0.2, -0.15) is 74.3 Å². The molecule has 0 fully saturated rings. The van der Waals surface area contributed by atoms with Crippen LogP contribution in [0.3, 0.4) is 0 Å². The zero-order valence-electron chi connectivity index (χ0n) is 34.9. The Kier molecular flexibility index (Phi) is 13.6. The first-order chi connectivity index (χ1) is 28.5. The van der Waals surface area contributed by atoms with E-state index in [1.165, 1.54) is 53.7 Å². The minimum absolute atomic E-state index is 0.127. The number of halogens is 15. The predicted octanol–water partition coefficient (Wildman–Crippen LogP) is 14.9. The second-order valence-electron chi connectivity index (χ2n) is 16.8. The first-order valence-electron chi connectivity index (χ1n) is 18.3. The van der Waals surface area contributed by atoms with Gasteiger partial charge in [-0.25, -0.2) is 3.63 Å². The van der Waals surface area contributed by atoms with Crippen molar-refractivity contribution in [2.75, 3.05) is 0 Å². The van der Waals surface area contributed by atoms with Crippen LogP contribution in [0.15, 0.2) is 92.4 Å². The Morgan fingerprint density at radius 1 is 0.391 bits per heavy atom. The van der Waals surface area contributed by atoms with Crippen LogP contribution >= 0.6 is 10.3 Å². The summed E-state index contributed by atoms with van der Waals surface area (Å²) in [6, 6.07) is 13.5. The molecule has 0 atom stereocenters. The molecule has 0 aliphatic heterocycles. The van der Waals surface area contributed by atoms with E-state index in [0.717, 1.165) is 60.7 Å². The summed E-state index contributed by atoms with van der Waals surface area (Å²) >= 11 is 0. The molecule has 0 saturated heterocycles. The Labute approximate surface area is 359 Å². The molecule has 0 amide bonds. The van der Waals surface area contributed by atoms with E-state index in [-0.39, 0.29) is 5.75 Å². The Morgan fingerprint density at radius 2 is 0.672 bits per heavy atom. The Morgan fingerprint density at radius 3 is 0.938 bits per heavy atom. The van der Waals surface area contributed by atoms with Crippen molar-refractivity contribution in [2.24, 2.45) is 0 Å². The molecule has 23 heteroatoms. The summed E-state index contributed by atoms with van der Waals surface area (Å²) in [5, 5.41) is 0. The minimum atomic E-state index is -7.59. The normalized spacial score (nSPS) is 14.4. The van der Waals surface area contributed by atoms with E-state index in [0.29, 0.717) is 0 Å². The molecule has 0 heterocycles. The molecule has 4 aromatic carbocycles. The third-order valence-corrected chi connectivity index (χ3v) is 13.3. The zero-order chi connectivity index (χ0) is 49.2. The Hall–Kier alpha value is -4.51. The first-order valence-corrected chi connectivity index (χ1v) is 21.2. The second kappa shape index (κ2) is 16.7. The van der Waals surface area contributed by atoms with E-state index in [1.54, 1.807) is 20.8 Å². The van der Waals surface area contributed by atoms with Crippen LogP contribution in [-0.4, -0.2) is 25.2 Å². The van der Waals surface area contributed by atoms with Crippen LogP contribution in [-0.2, 0) is 44.6 Å². The standard InChI is InChI=1S/C41H39F15O6S2/c1-34(2,3)59-22-20-25(60-35(4,5)6)32(26(21-22)61-36(7,8)9)63(23-16-12-10-13-17-23,24-18-14-11-15-19-24)62-64(57,58)33-30(40(51,52)53)28(38(45,46)47)27(37(42,43)44)29(39(48,49)50)31(33)41(54,55)56/h10-21H,1-9H3. The van der Waals surface area contributed by atoms with Crippen molar-refractivity contribution in [2.45, 2.75) is 130 Å². The van der Waals surface area contributed by atoms with E-state index in [9.17, 15) is 47.9 Å². The van der Waals surface area contributed by atoms with Gasteiger partial charge in [0.1, 0.15) is 43.8 Å². The van der Waals surface area contributed by atoms with E-state index in [2.05, 4.69) is 0 Å². The van der Waals surface area contributed by atoms with Crippen LogP contribution in [0, 0.1) is 0 Å². The third-order valence-electron chi connectivity index (χ3n) is 8.00. The van der Waals surface area contributed by atoms with Crippen molar-refractivity contribution >= 4 is 20.4 Å². The largest absolute Gasteiger partial charge is 0.488 e. The lowest BCUT2D eigenvalue weighted by molar-refractivity contribution is -0.191. The number of hydrogen-bond donors (Lipinski definition) is 0. The fourth-order valence-electron chi connectivity index (χ4n) is 6.31. The smallest absolute Gasteiger partial charge is 0.418 e. The molecule has 356 valence electrons. The van der Waals surface area contributed by atoms with Crippen LogP contribution in [0.4, 0.5) is 65.9 Å². The van der Waals surface area contributed by atoms with Gasteiger partial charge >= 0.3 is 41.0 Å². The molecule has 64 heavy (non-hydrogen) atoms. The van der Waals surface area contributed by atoms with Gasteiger partial charge in [0, 0.05) is 21.9 Å². The molecule has 0 radical (unpaired) electrons. The van der Waals surface area contributed by atoms with Gasteiger partial charge in [-0.3, -0.25) is 0 Å². The molecule has 0 aliphatic rings. The molecule has 0 bridgehead atoms. The average Bonchev–Trinajstić information content (AvgIpc) is 3.06. The van der Waals surface area contributed by atoms with Crippen LogP contribution in [0.25, 0.3) is 0 Å². The van der Waals surface area contributed by atoms with Gasteiger partial charge in [0.2, 0.25) is 0 Å². The number of rotatable bonds is 9. The van der Waals surface area contributed by atoms with E-state index < -0.39 is 127 Å². The van der Waals surface area contributed by atoms with Crippen molar-refractivity contribution in [3.63, 3.8) is 0 Å². The van der Waals surface area contributed by atoms with Crippen molar-refractivity contribution in [1.29, 1.82) is 0 Å². The maximum Gasteiger partial charge on any atom is 0.418 e. The molecular formula is C41H39F15O6S2. The highest BCUT2D eigenvalue weighted by Gasteiger charge is 2.63. The number of alkyl halides is 15. The van der Waals surface area contributed by atoms with Gasteiger partial charge < -0.3 is 14.2 Å². The zero-order valence-corrected chi connectivity index (χ0v) is 36.5. The topological polar surface area (TPSA) is 71.1 Å². The van der Waals surface area contributed by atoms with Gasteiger partial charge in [-0.15, -0.1) is 0 Å². The molecular weight excluding hydrogens is 938 g/mol. The highest BCUT2D eigenvalue weighted by Crippen LogP contribution is 2.75. The molecule has 0 aromatic heterocycles. The average molecular weight is 977 g/mol.